The van der Waals surface area contributed by atoms with Gasteiger partial charge in [-0.25, -0.2) is 4.39 Å². The first-order chi connectivity index (χ1) is 6.24. The molecule has 0 bridgehead atoms. The van der Waals surface area contributed by atoms with Crippen LogP contribution in [0.15, 0.2) is 6.08 Å². The summed E-state index contributed by atoms with van der Waals surface area (Å²) in [6.07, 6.45) is 4.47. The second-order valence-corrected chi connectivity index (χ2v) is 3.53. The highest BCUT2D eigenvalue weighted by Crippen LogP contribution is 2.31. The van der Waals surface area contributed by atoms with Crippen LogP contribution in [-0.4, -0.2) is 4.98 Å². The van der Waals surface area contributed by atoms with E-state index in [0.717, 1.165) is 30.7 Å². The minimum absolute atomic E-state index is 0.0796. The maximum atomic E-state index is 13.3. The lowest BCUT2D eigenvalue weighted by molar-refractivity contribution is 0.731. The normalized spacial score (nSPS) is 15.5. The molecule has 0 fully saturated rings. The van der Waals surface area contributed by atoms with Crippen LogP contribution in [0, 0.1) is 6.92 Å². The van der Waals surface area contributed by atoms with Crippen molar-refractivity contribution in [3.05, 3.63) is 28.6 Å². The molecule has 0 radical (unpaired) electrons. The van der Waals surface area contributed by atoms with Crippen LogP contribution in [0.5, 0.6) is 0 Å². The fourth-order valence-electron chi connectivity index (χ4n) is 2.12. The average Bonchev–Trinajstić information content (AvgIpc) is 2.43. The van der Waals surface area contributed by atoms with Gasteiger partial charge in [-0.15, -0.1) is 0 Å². The summed E-state index contributed by atoms with van der Waals surface area (Å²) in [5.41, 5.74) is 4.34. The zero-order valence-corrected chi connectivity index (χ0v) is 8.08. The van der Waals surface area contributed by atoms with Gasteiger partial charge in [0.05, 0.1) is 5.69 Å². The van der Waals surface area contributed by atoms with Gasteiger partial charge in [0.25, 0.3) is 0 Å². The number of aryl methyl sites for hydroxylation is 1. The predicted octanol–water partition coefficient (Wildman–Crippen LogP) is 3.14. The third-order valence-corrected chi connectivity index (χ3v) is 2.74. The first kappa shape index (κ1) is 8.54. The number of halogens is 1. The molecule has 0 amide bonds. The Morgan fingerprint density at radius 2 is 2.31 bits per heavy atom. The van der Waals surface area contributed by atoms with Crippen molar-refractivity contribution in [1.82, 2.24) is 4.98 Å². The highest BCUT2D eigenvalue weighted by atomic mass is 19.1. The minimum Gasteiger partial charge on any atom is -0.356 e. The fraction of sp³-hybridized carbons (Fsp3) is 0.455. The maximum absolute atomic E-state index is 13.3. The fourth-order valence-corrected chi connectivity index (χ4v) is 2.12. The highest BCUT2D eigenvalue weighted by Gasteiger charge is 2.19. The molecule has 1 aromatic heterocycles. The Kier molecular flexibility index (Phi) is 1.98. The van der Waals surface area contributed by atoms with Gasteiger partial charge in [0.2, 0.25) is 0 Å². The Labute approximate surface area is 77.7 Å². The SMILES string of the molecule is CCc1c(C)[nH]c2c1CCC=C2F. The molecule has 2 rings (SSSR count). The molecular weight excluding hydrogens is 165 g/mol. The van der Waals surface area contributed by atoms with Gasteiger partial charge in [0, 0.05) is 5.69 Å². The van der Waals surface area contributed by atoms with Crippen LogP contribution in [-0.2, 0) is 12.8 Å². The van der Waals surface area contributed by atoms with Crippen molar-refractivity contribution >= 4 is 5.83 Å². The maximum Gasteiger partial charge on any atom is 0.142 e. The predicted molar refractivity (Wildman–Crippen MR) is 52.3 cm³/mol. The van der Waals surface area contributed by atoms with E-state index in [1.54, 1.807) is 6.08 Å². The molecule has 0 saturated heterocycles. The number of hydrogen-bond donors (Lipinski definition) is 1. The van der Waals surface area contributed by atoms with Gasteiger partial charge in [-0.1, -0.05) is 6.92 Å². The van der Waals surface area contributed by atoms with E-state index < -0.39 is 0 Å². The minimum atomic E-state index is -0.0796. The van der Waals surface area contributed by atoms with Gasteiger partial charge in [0.1, 0.15) is 5.83 Å². The van der Waals surface area contributed by atoms with Crippen molar-refractivity contribution in [2.24, 2.45) is 0 Å². The summed E-state index contributed by atoms with van der Waals surface area (Å²) in [7, 11) is 0. The summed E-state index contributed by atoms with van der Waals surface area (Å²) in [5, 5.41) is 0. The van der Waals surface area contributed by atoms with Crippen molar-refractivity contribution in [2.75, 3.05) is 0 Å². The molecule has 1 N–H and O–H groups in total. The molecular formula is C11H14FN. The molecule has 0 unspecified atom stereocenters. The van der Waals surface area contributed by atoms with Crippen molar-refractivity contribution in [3.8, 4) is 0 Å². The van der Waals surface area contributed by atoms with Gasteiger partial charge in [-0.2, -0.15) is 0 Å². The molecule has 13 heavy (non-hydrogen) atoms. The van der Waals surface area contributed by atoms with E-state index in [1.165, 1.54) is 11.1 Å². The first-order valence-electron chi connectivity index (χ1n) is 4.80. The molecule has 0 aliphatic heterocycles. The molecule has 0 atom stereocenters. The number of aromatic nitrogens is 1. The second-order valence-electron chi connectivity index (χ2n) is 3.53. The van der Waals surface area contributed by atoms with E-state index in [9.17, 15) is 4.39 Å². The van der Waals surface area contributed by atoms with Crippen molar-refractivity contribution in [2.45, 2.75) is 33.1 Å². The molecule has 1 nitrogen and oxygen atoms in total. The highest BCUT2D eigenvalue weighted by molar-refractivity contribution is 5.64. The Balaban J connectivity index is 2.58. The van der Waals surface area contributed by atoms with E-state index in [-0.39, 0.29) is 5.83 Å². The van der Waals surface area contributed by atoms with E-state index in [2.05, 4.69) is 11.9 Å². The molecule has 70 valence electrons. The summed E-state index contributed by atoms with van der Waals surface area (Å²) < 4.78 is 13.3. The average molecular weight is 179 g/mol. The van der Waals surface area contributed by atoms with Crippen LogP contribution in [0.3, 0.4) is 0 Å². The molecule has 0 spiro atoms. The van der Waals surface area contributed by atoms with Gasteiger partial charge >= 0.3 is 0 Å². The van der Waals surface area contributed by atoms with Gasteiger partial charge in [-0.05, 0) is 43.4 Å². The van der Waals surface area contributed by atoms with Crippen molar-refractivity contribution in [1.29, 1.82) is 0 Å². The first-order valence-corrected chi connectivity index (χ1v) is 4.80. The van der Waals surface area contributed by atoms with Crippen molar-refractivity contribution in [3.63, 3.8) is 0 Å². The van der Waals surface area contributed by atoms with Gasteiger partial charge in [-0.3, -0.25) is 0 Å². The largest absolute Gasteiger partial charge is 0.356 e. The third kappa shape index (κ3) is 1.21. The Morgan fingerprint density at radius 3 is 3.00 bits per heavy atom. The van der Waals surface area contributed by atoms with Crippen LogP contribution >= 0.6 is 0 Å². The lowest BCUT2D eigenvalue weighted by Gasteiger charge is -2.08. The van der Waals surface area contributed by atoms with Crippen LogP contribution in [0.2, 0.25) is 0 Å². The molecule has 2 heteroatoms. The number of hydrogen-bond acceptors (Lipinski definition) is 0. The topological polar surface area (TPSA) is 15.8 Å². The molecule has 1 aromatic rings. The molecule has 0 saturated carbocycles. The number of nitrogens with one attached hydrogen (secondary N) is 1. The number of fused-ring (bicyclic) bond motifs is 1. The van der Waals surface area contributed by atoms with E-state index >= 15 is 0 Å². The Hall–Kier alpha value is -1.05. The third-order valence-electron chi connectivity index (χ3n) is 2.74. The van der Waals surface area contributed by atoms with E-state index in [1.807, 2.05) is 6.92 Å². The Morgan fingerprint density at radius 1 is 1.54 bits per heavy atom. The summed E-state index contributed by atoms with van der Waals surface area (Å²) in [6.45, 7) is 4.14. The molecule has 1 heterocycles. The lowest BCUT2D eigenvalue weighted by atomic mass is 9.97. The number of aromatic amines is 1. The Bertz CT molecular complexity index is 360. The van der Waals surface area contributed by atoms with E-state index in [4.69, 9.17) is 0 Å². The molecule has 1 aliphatic rings. The molecule has 1 aliphatic carbocycles. The quantitative estimate of drug-likeness (QED) is 0.681. The lowest BCUT2D eigenvalue weighted by Crippen LogP contribution is -1.97. The smallest absolute Gasteiger partial charge is 0.142 e. The number of allylic oxidation sites excluding steroid dienone is 1. The summed E-state index contributed by atoms with van der Waals surface area (Å²) in [4.78, 5) is 3.12. The monoisotopic (exact) mass is 179 g/mol. The van der Waals surface area contributed by atoms with Crippen molar-refractivity contribution < 1.29 is 4.39 Å². The van der Waals surface area contributed by atoms with Crippen LogP contribution in [0.25, 0.3) is 5.83 Å². The number of H-pyrrole nitrogens is 1. The van der Waals surface area contributed by atoms with Crippen LogP contribution in [0.4, 0.5) is 4.39 Å². The summed E-state index contributed by atoms with van der Waals surface area (Å²) in [5.74, 6) is -0.0796. The zero-order chi connectivity index (χ0) is 9.42. The second kappa shape index (κ2) is 3.02. The zero-order valence-electron chi connectivity index (χ0n) is 8.08. The van der Waals surface area contributed by atoms with E-state index in [0.29, 0.717) is 0 Å². The summed E-state index contributed by atoms with van der Waals surface area (Å²) >= 11 is 0. The summed E-state index contributed by atoms with van der Waals surface area (Å²) in [6, 6.07) is 0. The number of rotatable bonds is 1. The van der Waals surface area contributed by atoms with Gasteiger partial charge < -0.3 is 4.98 Å². The van der Waals surface area contributed by atoms with Crippen LogP contribution in [0.1, 0.15) is 35.9 Å². The van der Waals surface area contributed by atoms with Gasteiger partial charge in [0.15, 0.2) is 0 Å². The standard InChI is InChI=1S/C11H14FN/c1-3-8-7(2)13-11-9(8)5-4-6-10(11)12/h6,13H,3-5H2,1-2H3. The van der Waals surface area contributed by atoms with Crippen LogP contribution < -0.4 is 0 Å². The molecule has 0 aromatic carbocycles.